The highest BCUT2D eigenvalue weighted by atomic mass is 16.5. The third-order valence-electron chi connectivity index (χ3n) is 4.57. The number of H-pyrrole nitrogens is 1. The van der Waals surface area contributed by atoms with Crippen LogP contribution < -0.4 is 15.6 Å². The Morgan fingerprint density at radius 1 is 1.16 bits per heavy atom. The molecule has 1 aliphatic heterocycles. The zero-order valence-electron chi connectivity index (χ0n) is 14.3. The Labute approximate surface area is 144 Å². The van der Waals surface area contributed by atoms with Gasteiger partial charge in [0, 0.05) is 36.0 Å². The van der Waals surface area contributed by atoms with Crippen LogP contribution in [0.5, 0.6) is 5.75 Å². The Hall–Kier alpha value is -3.02. The molecule has 1 unspecified atom stereocenters. The molecule has 0 saturated heterocycles. The maximum atomic E-state index is 12.3. The van der Waals surface area contributed by atoms with Crippen molar-refractivity contribution in [3.63, 3.8) is 0 Å². The van der Waals surface area contributed by atoms with Crippen LogP contribution in [0, 0.1) is 5.92 Å². The Bertz CT molecular complexity index is 1050. The minimum absolute atomic E-state index is 0.0496. The Kier molecular flexibility index (Phi) is 3.42. The highest BCUT2D eigenvalue weighted by molar-refractivity contribution is 6.02. The first-order valence-electron chi connectivity index (χ1n) is 8.25. The fourth-order valence-electron chi connectivity index (χ4n) is 3.28. The monoisotopic (exact) mass is 337 g/mol. The molecule has 1 aliphatic rings. The lowest BCUT2D eigenvalue weighted by atomic mass is 9.99. The van der Waals surface area contributed by atoms with E-state index in [0.29, 0.717) is 17.0 Å². The molecule has 2 N–H and O–H groups in total. The first-order valence-corrected chi connectivity index (χ1v) is 8.25. The number of pyridine rings is 1. The van der Waals surface area contributed by atoms with Crippen LogP contribution >= 0.6 is 0 Å². The maximum absolute atomic E-state index is 12.3. The van der Waals surface area contributed by atoms with Crippen LogP contribution in [0.3, 0.4) is 0 Å². The van der Waals surface area contributed by atoms with Gasteiger partial charge in [0.2, 0.25) is 0 Å². The number of ether oxygens (including phenoxy) is 1. The van der Waals surface area contributed by atoms with Crippen LogP contribution in [0.2, 0.25) is 0 Å². The van der Waals surface area contributed by atoms with Gasteiger partial charge in [0.25, 0.3) is 11.5 Å². The average Bonchev–Trinajstić information content (AvgIpc) is 3.06. The van der Waals surface area contributed by atoms with Crippen LogP contribution in [0.4, 0.5) is 5.69 Å². The molecule has 25 heavy (non-hydrogen) atoms. The van der Waals surface area contributed by atoms with E-state index in [9.17, 15) is 9.59 Å². The zero-order valence-corrected chi connectivity index (χ0v) is 14.3. The molecule has 1 atom stereocenters. The number of hydrogen-bond acceptors (Lipinski definition) is 3. The lowest BCUT2D eigenvalue weighted by Gasteiger charge is -2.30. The number of carbonyl (C=O) groups is 1. The molecule has 1 aromatic carbocycles. The largest absolute Gasteiger partial charge is 0.477 e. The summed E-state index contributed by atoms with van der Waals surface area (Å²) in [7, 11) is 1.72. The SMILES string of the molecule is CC(C)C1Oc2c(cccc2-c2cn(C)c(=O)c3[nH]ccc23)NC1=O. The van der Waals surface area contributed by atoms with Crippen LogP contribution in [0.15, 0.2) is 41.5 Å². The second-order valence-electron chi connectivity index (χ2n) is 6.68. The summed E-state index contributed by atoms with van der Waals surface area (Å²) >= 11 is 0. The Morgan fingerprint density at radius 2 is 1.96 bits per heavy atom. The van der Waals surface area contributed by atoms with E-state index in [-0.39, 0.29) is 17.4 Å². The van der Waals surface area contributed by atoms with Gasteiger partial charge in [-0.1, -0.05) is 26.0 Å². The van der Waals surface area contributed by atoms with Crippen molar-refractivity contribution in [1.82, 2.24) is 9.55 Å². The van der Waals surface area contributed by atoms with Crippen LogP contribution in [0.1, 0.15) is 13.8 Å². The van der Waals surface area contributed by atoms with E-state index in [0.717, 1.165) is 16.5 Å². The van der Waals surface area contributed by atoms with Gasteiger partial charge in [0.05, 0.1) is 5.69 Å². The number of hydrogen-bond donors (Lipinski definition) is 2. The van der Waals surface area contributed by atoms with Gasteiger partial charge < -0.3 is 19.6 Å². The van der Waals surface area contributed by atoms with Gasteiger partial charge in [-0.3, -0.25) is 9.59 Å². The minimum atomic E-state index is -0.539. The molecule has 0 saturated carbocycles. The number of amides is 1. The van der Waals surface area contributed by atoms with Crippen LogP contribution in [-0.4, -0.2) is 21.6 Å². The van der Waals surface area contributed by atoms with Gasteiger partial charge >= 0.3 is 0 Å². The molecule has 6 heteroatoms. The van der Waals surface area contributed by atoms with Crippen molar-refractivity contribution < 1.29 is 9.53 Å². The fourth-order valence-corrected chi connectivity index (χ4v) is 3.28. The molecular formula is C19H19N3O3. The summed E-state index contributed by atoms with van der Waals surface area (Å²) in [5, 5.41) is 3.76. The van der Waals surface area contributed by atoms with Crippen molar-refractivity contribution in [2.45, 2.75) is 20.0 Å². The molecule has 0 radical (unpaired) electrons. The first kappa shape index (κ1) is 15.5. The van der Waals surface area contributed by atoms with E-state index in [4.69, 9.17) is 4.74 Å². The second kappa shape index (κ2) is 5.51. The minimum Gasteiger partial charge on any atom is -0.477 e. The molecule has 2 aromatic heterocycles. The standard InChI is InChI=1S/C19H19N3O3/c1-10(2)16-18(23)21-14-6-4-5-12(17(14)25-16)13-9-22(3)19(24)15-11(13)7-8-20-15/h4-10,16,20H,1-3H3,(H,21,23). The smallest absolute Gasteiger partial charge is 0.274 e. The molecule has 0 bridgehead atoms. The van der Waals surface area contributed by atoms with E-state index in [1.54, 1.807) is 24.0 Å². The highest BCUT2D eigenvalue weighted by Crippen LogP contribution is 2.42. The summed E-state index contributed by atoms with van der Waals surface area (Å²) < 4.78 is 7.63. The highest BCUT2D eigenvalue weighted by Gasteiger charge is 2.32. The normalized spacial score (nSPS) is 16.6. The molecule has 3 heterocycles. The van der Waals surface area contributed by atoms with Crippen LogP contribution in [0.25, 0.3) is 22.0 Å². The molecule has 4 rings (SSSR count). The van der Waals surface area contributed by atoms with Crippen LogP contribution in [-0.2, 0) is 11.8 Å². The van der Waals surface area contributed by atoms with Crippen molar-refractivity contribution in [2.24, 2.45) is 13.0 Å². The molecular weight excluding hydrogens is 318 g/mol. The van der Waals surface area contributed by atoms with Gasteiger partial charge in [0.1, 0.15) is 5.52 Å². The van der Waals surface area contributed by atoms with E-state index in [2.05, 4.69) is 10.3 Å². The number of aromatic amines is 1. The van der Waals surface area contributed by atoms with Crippen molar-refractivity contribution in [2.75, 3.05) is 5.32 Å². The lowest BCUT2D eigenvalue weighted by molar-refractivity contribution is -0.125. The number of para-hydroxylation sites is 1. The number of aryl methyl sites for hydroxylation is 1. The summed E-state index contributed by atoms with van der Waals surface area (Å²) in [6, 6.07) is 7.52. The first-order chi connectivity index (χ1) is 12.0. The predicted octanol–water partition coefficient (Wildman–Crippen LogP) is 2.89. The molecule has 6 nitrogen and oxygen atoms in total. The summed E-state index contributed by atoms with van der Waals surface area (Å²) in [6.07, 6.45) is 3.02. The van der Waals surface area contributed by atoms with E-state index in [1.807, 2.05) is 38.1 Å². The number of rotatable bonds is 2. The Balaban J connectivity index is 1.96. The molecule has 0 fully saturated rings. The lowest BCUT2D eigenvalue weighted by Crippen LogP contribution is -2.40. The van der Waals surface area contributed by atoms with Crippen molar-refractivity contribution in [3.8, 4) is 16.9 Å². The number of benzene rings is 1. The zero-order chi connectivity index (χ0) is 17.7. The summed E-state index contributed by atoms with van der Waals surface area (Å²) in [4.78, 5) is 27.5. The maximum Gasteiger partial charge on any atom is 0.274 e. The van der Waals surface area contributed by atoms with E-state index >= 15 is 0 Å². The second-order valence-corrected chi connectivity index (χ2v) is 6.68. The van der Waals surface area contributed by atoms with E-state index < -0.39 is 6.10 Å². The van der Waals surface area contributed by atoms with Gasteiger partial charge in [0.15, 0.2) is 11.9 Å². The van der Waals surface area contributed by atoms with Gasteiger partial charge in [-0.15, -0.1) is 0 Å². The third kappa shape index (κ3) is 2.33. The summed E-state index contributed by atoms with van der Waals surface area (Å²) in [5.41, 5.74) is 2.86. The molecule has 1 amide bonds. The predicted molar refractivity (Wildman–Crippen MR) is 96.9 cm³/mol. The number of aromatic nitrogens is 2. The van der Waals surface area contributed by atoms with Crippen molar-refractivity contribution in [3.05, 3.63) is 47.0 Å². The molecule has 3 aromatic rings. The summed E-state index contributed by atoms with van der Waals surface area (Å²) in [6.45, 7) is 3.91. The Morgan fingerprint density at radius 3 is 2.72 bits per heavy atom. The average molecular weight is 337 g/mol. The van der Waals surface area contributed by atoms with E-state index in [1.165, 1.54) is 0 Å². The number of nitrogens with zero attached hydrogens (tertiary/aromatic N) is 1. The number of fused-ring (bicyclic) bond motifs is 2. The summed E-state index contributed by atoms with van der Waals surface area (Å²) in [5.74, 6) is 0.558. The third-order valence-corrected chi connectivity index (χ3v) is 4.57. The van der Waals surface area contributed by atoms with Gasteiger partial charge in [-0.05, 0) is 18.1 Å². The molecule has 0 spiro atoms. The van der Waals surface area contributed by atoms with Crippen molar-refractivity contribution in [1.29, 1.82) is 0 Å². The number of anilines is 1. The quantitative estimate of drug-likeness (QED) is 0.755. The fraction of sp³-hybridized carbons (Fsp3) is 0.263. The van der Waals surface area contributed by atoms with Gasteiger partial charge in [-0.25, -0.2) is 0 Å². The topological polar surface area (TPSA) is 76.1 Å². The number of carbonyl (C=O) groups excluding carboxylic acids is 1. The van der Waals surface area contributed by atoms with Crippen molar-refractivity contribution >= 4 is 22.5 Å². The van der Waals surface area contributed by atoms with Gasteiger partial charge in [-0.2, -0.15) is 0 Å². The molecule has 128 valence electrons. The molecule has 0 aliphatic carbocycles. The number of nitrogens with one attached hydrogen (secondary N) is 2.